The third-order valence-electron chi connectivity index (χ3n) is 7.02. The van der Waals surface area contributed by atoms with Crippen LogP contribution in [0.15, 0.2) is 36.5 Å². The van der Waals surface area contributed by atoms with Crippen LogP contribution in [0, 0.1) is 0 Å². The first-order valence-electron chi connectivity index (χ1n) is 13.8. The van der Waals surface area contributed by atoms with Gasteiger partial charge in [0.05, 0.1) is 38.1 Å². The topological polar surface area (TPSA) is 108 Å². The number of likely N-dealkylation sites (N-methyl/N-ethyl adjacent to an activating group) is 1. The van der Waals surface area contributed by atoms with Gasteiger partial charge in [0.1, 0.15) is 11.2 Å². The number of piperazine rings is 1. The maximum atomic E-state index is 13.5. The first-order valence-corrected chi connectivity index (χ1v) is 13.8. The van der Waals surface area contributed by atoms with Gasteiger partial charge in [0.25, 0.3) is 5.91 Å². The van der Waals surface area contributed by atoms with Gasteiger partial charge in [-0.2, -0.15) is 0 Å². The highest BCUT2D eigenvalue weighted by Gasteiger charge is 2.32. The molecule has 1 unspecified atom stereocenters. The summed E-state index contributed by atoms with van der Waals surface area (Å²) >= 11 is 0. The molecule has 2 aliphatic heterocycles. The van der Waals surface area contributed by atoms with Crippen LogP contribution in [0.4, 0.5) is 21.9 Å². The molecule has 1 aromatic carbocycles. The van der Waals surface area contributed by atoms with Crippen LogP contribution in [0.2, 0.25) is 0 Å². The normalized spacial score (nSPS) is 19.1. The SMILES string of the molecule is COc1nccc(N[C@@H](C)C2CN(C(=O)OC(C)(C)C)CCO2)c1C(=O)Nc1ccc(N2CCN(C)CC2)cc1. The minimum absolute atomic E-state index is 0.212. The van der Waals surface area contributed by atoms with Crippen LogP contribution in [0.5, 0.6) is 5.88 Å². The van der Waals surface area contributed by atoms with Crippen molar-refractivity contribution in [2.75, 3.05) is 75.6 Å². The van der Waals surface area contributed by atoms with Gasteiger partial charge in [-0.25, -0.2) is 9.78 Å². The molecule has 11 heteroatoms. The minimum Gasteiger partial charge on any atom is -0.480 e. The first kappa shape index (κ1) is 29.4. The highest BCUT2D eigenvalue weighted by molar-refractivity contribution is 6.09. The molecule has 40 heavy (non-hydrogen) atoms. The average Bonchev–Trinajstić information content (AvgIpc) is 2.93. The van der Waals surface area contributed by atoms with Crippen molar-refractivity contribution in [1.29, 1.82) is 0 Å². The predicted molar refractivity (Wildman–Crippen MR) is 156 cm³/mol. The van der Waals surface area contributed by atoms with E-state index in [2.05, 4.69) is 32.5 Å². The van der Waals surface area contributed by atoms with Crippen LogP contribution in [-0.4, -0.2) is 105 Å². The second-order valence-corrected chi connectivity index (χ2v) is 11.3. The summed E-state index contributed by atoms with van der Waals surface area (Å²) in [6.07, 6.45) is 0.917. The number of hydrogen-bond donors (Lipinski definition) is 2. The standard InChI is InChI=1S/C29H42N6O5/c1-20(24-19-35(17-18-39-24)28(37)40-29(2,3)4)31-23-11-12-30-27(38-6)25(23)26(36)32-21-7-9-22(10-8-21)34-15-13-33(5)14-16-34/h7-12,20,24H,13-19H2,1-6H3,(H,30,31)(H,32,36)/t20-,24?/m0/s1. The average molecular weight is 555 g/mol. The van der Waals surface area contributed by atoms with Gasteiger partial charge in [-0.15, -0.1) is 0 Å². The summed E-state index contributed by atoms with van der Waals surface area (Å²) in [5.41, 5.74) is 2.09. The molecule has 0 radical (unpaired) electrons. The zero-order chi connectivity index (χ0) is 28.9. The van der Waals surface area contributed by atoms with E-state index in [0.29, 0.717) is 36.6 Å². The fourth-order valence-corrected chi connectivity index (χ4v) is 4.76. The summed E-state index contributed by atoms with van der Waals surface area (Å²) in [4.78, 5) is 36.7. The molecular weight excluding hydrogens is 512 g/mol. The monoisotopic (exact) mass is 554 g/mol. The smallest absolute Gasteiger partial charge is 0.410 e. The molecule has 218 valence electrons. The third-order valence-corrected chi connectivity index (χ3v) is 7.02. The lowest BCUT2D eigenvalue weighted by molar-refractivity contribution is -0.0462. The molecule has 11 nitrogen and oxygen atoms in total. The van der Waals surface area contributed by atoms with E-state index < -0.39 is 5.60 Å². The van der Waals surface area contributed by atoms with Crippen LogP contribution >= 0.6 is 0 Å². The predicted octanol–water partition coefficient (Wildman–Crippen LogP) is 3.53. The fraction of sp³-hybridized carbons (Fsp3) is 0.552. The summed E-state index contributed by atoms with van der Waals surface area (Å²) in [6.45, 7) is 12.7. The van der Waals surface area contributed by atoms with Gasteiger partial charge in [0.2, 0.25) is 5.88 Å². The largest absolute Gasteiger partial charge is 0.480 e. The Bertz CT molecular complexity index is 1160. The van der Waals surface area contributed by atoms with Crippen LogP contribution in [0.3, 0.4) is 0 Å². The van der Waals surface area contributed by atoms with Gasteiger partial charge >= 0.3 is 6.09 Å². The second kappa shape index (κ2) is 12.7. The molecule has 2 aromatic rings. The number of pyridine rings is 1. The molecular formula is C29H42N6O5. The van der Waals surface area contributed by atoms with E-state index in [9.17, 15) is 9.59 Å². The van der Waals surface area contributed by atoms with E-state index in [1.807, 2.05) is 52.0 Å². The zero-order valence-corrected chi connectivity index (χ0v) is 24.4. The minimum atomic E-state index is -0.574. The van der Waals surface area contributed by atoms with Crippen molar-refractivity contribution in [3.8, 4) is 5.88 Å². The van der Waals surface area contributed by atoms with Crippen molar-refractivity contribution in [3.05, 3.63) is 42.1 Å². The van der Waals surface area contributed by atoms with Crippen molar-refractivity contribution >= 4 is 29.1 Å². The van der Waals surface area contributed by atoms with E-state index in [1.54, 1.807) is 17.2 Å². The number of rotatable bonds is 7. The number of nitrogens with zero attached hydrogens (tertiary/aromatic N) is 4. The lowest BCUT2D eigenvalue weighted by atomic mass is 10.1. The molecule has 4 rings (SSSR count). The van der Waals surface area contributed by atoms with Crippen molar-refractivity contribution in [3.63, 3.8) is 0 Å². The van der Waals surface area contributed by atoms with E-state index in [0.717, 1.165) is 31.9 Å². The Balaban J connectivity index is 1.44. The Hall–Kier alpha value is -3.57. The Kier molecular flexibility index (Phi) is 9.36. The number of morpholine rings is 1. The summed E-state index contributed by atoms with van der Waals surface area (Å²) in [5, 5.41) is 6.37. The van der Waals surface area contributed by atoms with Crippen LogP contribution < -0.4 is 20.3 Å². The van der Waals surface area contributed by atoms with Gasteiger partial charge in [0, 0.05) is 50.3 Å². The highest BCUT2D eigenvalue weighted by atomic mass is 16.6. The van der Waals surface area contributed by atoms with Gasteiger partial charge in [0.15, 0.2) is 0 Å². The molecule has 2 amide bonds. The number of nitrogens with one attached hydrogen (secondary N) is 2. The van der Waals surface area contributed by atoms with Crippen molar-refractivity contribution < 1.29 is 23.8 Å². The van der Waals surface area contributed by atoms with E-state index in [-0.39, 0.29) is 30.0 Å². The van der Waals surface area contributed by atoms with Crippen LogP contribution in [-0.2, 0) is 9.47 Å². The quantitative estimate of drug-likeness (QED) is 0.531. The van der Waals surface area contributed by atoms with E-state index in [4.69, 9.17) is 14.2 Å². The molecule has 0 bridgehead atoms. The number of hydrogen-bond acceptors (Lipinski definition) is 9. The van der Waals surface area contributed by atoms with E-state index >= 15 is 0 Å². The molecule has 2 fully saturated rings. The third kappa shape index (κ3) is 7.54. The highest BCUT2D eigenvalue weighted by Crippen LogP contribution is 2.28. The van der Waals surface area contributed by atoms with Crippen molar-refractivity contribution in [1.82, 2.24) is 14.8 Å². The molecule has 2 aliphatic rings. The first-order chi connectivity index (χ1) is 19.0. The Labute approximate surface area is 236 Å². The van der Waals surface area contributed by atoms with Crippen molar-refractivity contribution in [2.45, 2.75) is 45.4 Å². The number of methoxy groups -OCH3 is 1. The Morgan fingerprint density at radius 3 is 2.42 bits per heavy atom. The molecule has 1 aromatic heterocycles. The lowest BCUT2D eigenvalue weighted by Crippen LogP contribution is -2.52. The Morgan fingerprint density at radius 2 is 1.77 bits per heavy atom. The van der Waals surface area contributed by atoms with Gasteiger partial charge < -0.3 is 39.5 Å². The zero-order valence-electron chi connectivity index (χ0n) is 24.4. The number of aromatic nitrogens is 1. The van der Waals surface area contributed by atoms with E-state index in [1.165, 1.54) is 7.11 Å². The van der Waals surface area contributed by atoms with Crippen LogP contribution in [0.1, 0.15) is 38.1 Å². The summed E-state index contributed by atoms with van der Waals surface area (Å²) in [5.74, 6) is -0.129. The summed E-state index contributed by atoms with van der Waals surface area (Å²) < 4.78 is 17.0. The van der Waals surface area contributed by atoms with Gasteiger partial charge in [-0.3, -0.25) is 4.79 Å². The molecule has 2 N–H and O–H groups in total. The maximum Gasteiger partial charge on any atom is 0.410 e. The number of ether oxygens (including phenoxy) is 3. The van der Waals surface area contributed by atoms with Crippen molar-refractivity contribution in [2.24, 2.45) is 0 Å². The van der Waals surface area contributed by atoms with Gasteiger partial charge in [-0.1, -0.05) is 0 Å². The number of carbonyl (C=O) groups is 2. The molecule has 0 aliphatic carbocycles. The molecule has 3 heterocycles. The number of anilines is 3. The molecule has 2 saturated heterocycles. The number of amides is 2. The second-order valence-electron chi connectivity index (χ2n) is 11.3. The fourth-order valence-electron chi connectivity index (χ4n) is 4.76. The number of carbonyl (C=O) groups excluding carboxylic acids is 2. The van der Waals surface area contributed by atoms with Crippen LogP contribution in [0.25, 0.3) is 0 Å². The van der Waals surface area contributed by atoms with Gasteiger partial charge in [-0.05, 0) is 65.1 Å². The maximum absolute atomic E-state index is 13.5. The molecule has 0 spiro atoms. The lowest BCUT2D eigenvalue weighted by Gasteiger charge is -2.37. The Morgan fingerprint density at radius 1 is 1.07 bits per heavy atom. The summed E-state index contributed by atoms with van der Waals surface area (Å²) in [6, 6.07) is 9.38. The molecule has 2 atom stereocenters. The number of benzene rings is 1. The molecule has 0 saturated carbocycles. The summed E-state index contributed by atoms with van der Waals surface area (Å²) in [7, 11) is 3.62.